The first-order chi connectivity index (χ1) is 6.40. The van der Waals surface area contributed by atoms with Crippen molar-refractivity contribution >= 4 is 5.97 Å². The van der Waals surface area contributed by atoms with Crippen molar-refractivity contribution in [2.45, 2.75) is 33.8 Å². The number of methoxy groups -OCH3 is 1. The summed E-state index contributed by atoms with van der Waals surface area (Å²) in [5.41, 5.74) is 0.993. The smallest absolute Gasteiger partial charge is 0.311 e. The van der Waals surface area contributed by atoms with Crippen molar-refractivity contribution in [3.63, 3.8) is 0 Å². The van der Waals surface area contributed by atoms with E-state index >= 15 is 0 Å². The molecule has 1 N–H and O–H groups in total. The van der Waals surface area contributed by atoms with E-state index in [0.29, 0.717) is 0 Å². The predicted molar refractivity (Wildman–Crippen MR) is 55.8 cm³/mol. The van der Waals surface area contributed by atoms with Crippen LogP contribution < -0.4 is 0 Å². The van der Waals surface area contributed by atoms with Gasteiger partial charge in [0.15, 0.2) is 0 Å². The minimum atomic E-state index is -0.757. The zero-order chi connectivity index (χ0) is 11.3. The first-order valence-electron chi connectivity index (χ1n) is 4.81. The monoisotopic (exact) mass is 200 g/mol. The summed E-state index contributed by atoms with van der Waals surface area (Å²) < 4.78 is 4.65. The van der Waals surface area contributed by atoms with Crippen molar-refractivity contribution in [3.05, 3.63) is 11.6 Å². The predicted octanol–water partition coefficient (Wildman–Crippen LogP) is 1.76. The van der Waals surface area contributed by atoms with Crippen LogP contribution in [-0.4, -0.2) is 24.3 Å². The summed E-state index contributed by atoms with van der Waals surface area (Å²) in [6, 6.07) is 0. The molecule has 0 aromatic heterocycles. The summed E-state index contributed by atoms with van der Waals surface area (Å²) in [5.74, 6) is -0.770. The van der Waals surface area contributed by atoms with Gasteiger partial charge in [-0.15, -0.1) is 0 Å². The van der Waals surface area contributed by atoms with Crippen LogP contribution in [0.4, 0.5) is 0 Å². The van der Waals surface area contributed by atoms with Crippen LogP contribution in [0.3, 0.4) is 0 Å². The second-order valence-corrected chi connectivity index (χ2v) is 4.03. The standard InChI is InChI=1S/C11H20O3/c1-7(2)6-9(12)10(8(3)4)11(13)14-5/h6,8-10,12H,1-5H3/t9-,10-/m0/s1. The van der Waals surface area contributed by atoms with Crippen LogP contribution in [-0.2, 0) is 9.53 Å². The number of aliphatic hydroxyl groups excluding tert-OH is 1. The number of rotatable bonds is 4. The normalized spacial score (nSPS) is 14.8. The van der Waals surface area contributed by atoms with Gasteiger partial charge >= 0.3 is 5.97 Å². The third-order valence-electron chi connectivity index (χ3n) is 2.06. The lowest BCUT2D eigenvalue weighted by atomic mass is 9.89. The van der Waals surface area contributed by atoms with Crippen LogP contribution >= 0.6 is 0 Å². The zero-order valence-corrected chi connectivity index (χ0v) is 9.57. The number of ether oxygens (including phenoxy) is 1. The fourth-order valence-corrected chi connectivity index (χ4v) is 1.39. The van der Waals surface area contributed by atoms with Gasteiger partial charge in [0.05, 0.1) is 19.1 Å². The molecule has 0 saturated heterocycles. The molecule has 0 aromatic rings. The maximum Gasteiger partial charge on any atom is 0.311 e. The Morgan fingerprint density at radius 1 is 1.36 bits per heavy atom. The molecule has 2 atom stereocenters. The Hall–Kier alpha value is -0.830. The molecule has 0 rings (SSSR count). The third kappa shape index (κ3) is 3.92. The second-order valence-electron chi connectivity index (χ2n) is 4.03. The van der Waals surface area contributed by atoms with Gasteiger partial charge in [0.2, 0.25) is 0 Å². The lowest BCUT2D eigenvalue weighted by molar-refractivity contribution is -0.150. The molecule has 0 bridgehead atoms. The van der Waals surface area contributed by atoms with Crippen molar-refractivity contribution in [3.8, 4) is 0 Å². The maximum atomic E-state index is 11.4. The van der Waals surface area contributed by atoms with Crippen LogP contribution in [0.25, 0.3) is 0 Å². The molecule has 0 fully saturated rings. The van der Waals surface area contributed by atoms with Crippen molar-refractivity contribution < 1.29 is 14.6 Å². The molecule has 0 spiro atoms. The third-order valence-corrected chi connectivity index (χ3v) is 2.06. The zero-order valence-electron chi connectivity index (χ0n) is 9.57. The highest BCUT2D eigenvalue weighted by Crippen LogP contribution is 2.19. The molecule has 0 aromatic carbocycles. The second kappa shape index (κ2) is 5.81. The van der Waals surface area contributed by atoms with E-state index in [4.69, 9.17) is 0 Å². The van der Waals surface area contributed by atoms with Crippen LogP contribution in [0.1, 0.15) is 27.7 Å². The summed E-state index contributed by atoms with van der Waals surface area (Å²) in [6.45, 7) is 7.56. The van der Waals surface area contributed by atoms with Crippen molar-refractivity contribution in [2.75, 3.05) is 7.11 Å². The average molecular weight is 200 g/mol. The molecule has 3 nitrogen and oxygen atoms in total. The van der Waals surface area contributed by atoms with Gasteiger partial charge in [-0.05, 0) is 19.8 Å². The van der Waals surface area contributed by atoms with Gasteiger partial charge in [0.25, 0.3) is 0 Å². The Morgan fingerprint density at radius 2 is 1.86 bits per heavy atom. The molecule has 0 aliphatic heterocycles. The van der Waals surface area contributed by atoms with Gasteiger partial charge in [-0.3, -0.25) is 4.79 Å². The molecular weight excluding hydrogens is 180 g/mol. The van der Waals surface area contributed by atoms with Gasteiger partial charge in [-0.25, -0.2) is 0 Å². The molecule has 0 heterocycles. The molecule has 0 saturated carbocycles. The summed E-state index contributed by atoms with van der Waals surface area (Å²) >= 11 is 0. The largest absolute Gasteiger partial charge is 0.469 e. The van der Waals surface area contributed by atoms with Crippen LogP contribution in [0.2, 0.25) is 0 Å². The lowest BCUT2D eigenvalue weighted by Gasteiger charge is -2.21. The fraction of sp³-hybridized carbons (Fsp3) is 0.727. The SMILES string of the molecule is COC(=O)[C@@H](C(C)C)[C@@H](O)C=C(C)C. The molecule has 0 unspecified atom stereocenters. The molecule has 0 aliphatic rings. The van der Waals surface area contributed by atoms with E-state index in [1.165, 1.54) is 7.11 Å². The van der Waals surface area contributed by atoms with Crippen molar-refractivity contribution in [1.82, 2.24) is 0 Å². The summed E-state index contributed by atoms with van der Waals surface area (Å²) in [7, 11) is 1.34. The Balaban J connectivity index is 4.66. The average Bonchev–Trinajstić information content (AvgIpc) is 2.01. The summed E-state index contributed by atoms with van der Waals surface area (Å²) in [5, 5.41) is 9.77. The van der Waals surface area contributed by atoms with Gasteiger partial charge in [0, 0.05) is 0 Å². The number of aliphatic hydroxyl groups is 1. The van der Waals surface area contributed by atoms with E-state index in [1.807, 2.05) is 27.7 Å². The number of esters is 1. The van der Waals surface area contributed by atoms with Gasteiger partial charge < -0.3 is 9.84 Å². The van der Waals surface area contributed by atoms with Crippen molar-refractivity contribution in [2.24, 2.45) is 11.8 Å². The number of carbonyl (C=O) groups is 1. The van der Waals surface area contributed by atoms with E-state index < -0.39 is 12.0 Å². The molecule has 82 valence electrons. The summed E-state index contributed by atoms with van der Waals surface area (Å²) in [6.07, 6.45) is 0.925. The van der Waals surface area contributed by atoms with E-state index in [1.54, 1.807) is 6.08 Å². The Kier molecular flexibility index (Phi) is 5.46. The first kappa shape index (κ1) is 13.2. The molecule has 0 aliphatic carbocycles. The molecular formula is C11H20O3. The number of hydrogen-bond acceptors (Lipinski definition) is 3. The van der Waals surface area contributed by atoms with Crippen LogP contribution in [0.5, 0.6) is 0 Å². The Bertz CT molecular complexity index is 215. The minimum Gasteiger partial charge on any atom is -0.469 e. The quantitative estimate of drug-likeness (QED) is 0.555. The van der Waals surface area contributed by atoms with Crippen LogP contribution in [0, 0.1) is 11.8 Å². The highest BCUT2D eigenvalue weighted by atomic mass is 16.5. The topological polar surface area (TPSA) is 46.5 Å². The van der Waals surface area contributed by atoms with Crippen LogP contribution in [0.15, 0.2) is 11.6 Å². The van der Waals surface area contributed by atoms with E-state index in [-0.39, 0.29) is 11.9 Å². The minimum absolute atomic E-state index is 0.0630. The summed E-state index contributed by atoms with van der Waals surface area (Å²) in [4.78, 5) is 11.4. The highest BCUT2D eigenvalue weighted by molar-refractivity contribution is 5.73. The van der Waals surface area contributed by atoms with E-state index in [2.05, 4.69) is 4.74 Å². The fourth-order valence-electron chi connectivity index (χ4n) is 1.39. The lowest BCUT2D eigenvalue weighted by Crippen LogP contribution is -2.32. The number of carbonyl (C=O) groups excluding carboxylic acids is 1. The van der Waals surface area contributed by atoms with E-state index in [9.17, 15) is 9.90 Å². The molecule has 0 amide bonds. The van der Waals surface area contributed by atoms with E-state index in [0.717, 1.165) is 5.57 Å². The Labute approximate surface area is 85.8 Å². The highest BCUT2D eigenvalue weighted by Gasteiger charge is 2.29. The van der Waals surface area contributed by atoms with Gasteiger partial charge in [-0.2, -0.15) is 0 Å². The maximum absolute atomic E-state index is 11.4. The Morgan fingerprint density at radius 3 is 2.14 bits per heavy atom. The van der Waals surface area contributed by atoms with Crippen molar-refractivity contribution in [1.29, 1.82) is 0 Å². The molecule has 14 heavy (non-hydrogen) atoms. The number of allylic oxidation sites excluding steroid dienone is 1. The molecule has 3 heteroatoms. The first-order valence-corrected chi connectivity index (χ1v) is 4.81. The number of hydrogen-bond donors (Lipinski definition) is 1. The van der Waals surface area contributed by atoms with Gasteiger partial charge in [0.1, 0.15) is 0 Å². The molecule has 0 radical (unpaired) electrons. The van der Waals surface area contributed by atoms with Gasteiger partial charge in [-0.1, -0.05) is 25.5 Å².